The summed E-state index contributed by atoms with van der Waals surface area (Å²) in [7, 11) is 0. The van der Waals surface area contributed by atoms with Crippen molar-refractivity contribution in [1.29, 1.82) is 0 Å². The molecular formula is C12H14FNO3. The number of anilines is 1. The minimum Gasteiger partial charge on any atom is -0.389 e. The molecule has 5 heteroatoms. The fraction of sp³-hybridized carbons (Fsp3) is 0.417. The van der Waals surface area contributed by atoms with E-state index in [1.165, 1.54) is 25.1 Å². The molecule has 1 aromatic carbocycles. The van der Waals surface area contributed by atoms with Gasteiger partial charge in [0.25, 0.3) is 0 Å². The van der Waals surface area contributed by atoms with Crippen LogP contribution in [0.4, 0.5) is 10.1 Å². The highest BCUT2D eigenvalue weighted by Gasteiger charge is 2.30. The number of ketones is 1. The maximum atomic E-state index is 13.8. The summed E-state index contributed by atoms with van der Waals surface area (Å²) in [5.41, 5.74) is 0.608. The van der Waals surface area contributed by atoms with Gasteiger partial charge >= 0.3 is 0 Å². The van der Waals surface area contributed by atoms with Gasteiger partial charge in [-0.1, -0.05) is 0 Å². The van der Waals surface area contributed by atoms with Crippen LogP contribution in [0.1, 0.15) is 17.3 Å². The lowest BCUT2D eigenvalue weighted by molar-refractivity contribution is 0.0572. The van der Waals surface area contributed by atoms with Crippen molar-refractivity contribution in [1.82, 2.24) is 0 Å². The number of β-amino-alcohol motifs (C(OH)–C–C–N with tert-alkyl or cyclic N) is 2. The third kappa shape index (κ3) is 2.30. The van der Waals surface area contributed by atoms with Crippen molar-refractivity contribution in [3.63, 3.8) is 0 Å². The number of benzene rings is 1. The van der Waals surface area contributed by atoms with Gasteiger partial charge in [0, 0.05) is 18.7 Å². The van der Waals surface area contributed by atoms with Crippen LogP contribution in [0, 0.1) is 5.82 Å². The lowest BCUT2D eigenvalue weighted by Crippen LogP contribution is -2.22. The molecule has 92 valence electrons. The predicted octanol–water partition coefficient (Wildman–Crippen LogP) is 0.570. The van der Waals surface area contributed by atoms with Gasteiger partial charge in [-0.2, -0.15) is 0 Å². The summed E-state index contributed by atoms with van der Waals surface area (Å²) >= 11 is 0. The van der Waals surface area contributed by atoms with E-state index in [9.17, 15) is 19.4 Å². The summed E-state index contributed by atoms with van der Waals surface area (Å²) in [5.74, 6) is -0.712. The van der Waals surface area contributed by atoms with E-state index < -0.39 is 18.0 Å². The highest BCUT2D eigenvalue weighted by molar-refractivity contribution is 5.94. The smallest absolute Gasteiger partial charge is 0.159 e. The quantitative estimate of drug-likeness (QED) is 0.741. The molecule has 17 heavy (non-hydrogen) atoms. The minimum atomic E-state index is -0.859. The van der Waals surface area contributed by atoms with E-state index in [0.717, 1.165) is 0 Å². The van der Waals surface area contributed by atoms with Crippen LogP contribution in [-0.4, -0.2) is 41.3 Å². The largest absolute Gasteiger partial charge is 0.389 e. The number of carbonyl (C=O) groups is 1. The van der Waals surface area contributed by atoms with Gasteiger partial charge in [-0.25, -0.2) is 4.39 Å². The molecule has 1 heterocycles. The van der Waals surface area contributed by atoms with Crippen molar-refractivity contribution in [2.45, 2.75) is 19.1 Å². The normalized spacial score (nSPS) is 24.1. The van der Waals surface area contributed by atoms with Crippen molar-refractivity contribution in [3.05, 3.63) is 29.6 Å². The molecule has 1 fully saturated rings. The zero-order valence-corrected chi connectivity index (χ0v) is 9.43. The van der Waals surface area contributed by atoms with E-state index in [1.807, 2.05) is 0 Å². The Balaban J connectivity index is 2.26. The van der Waals surface area contributed by atoms with Gasteiger partial charge in [-0.05, 0) is 25.1 Å². The summed E-state index contributed by atoms with van der Waals surface area (Å²) in [5, 5.41) is 18.8. The molecule has 0 aromatic heterocycles. The summed E-state index contributed by atoms with van der Waals surface area (Å²) in [6.45, 7) is 1.76. The maximum Gasteiger partial charge on any atom is 0.159 e. The first-order chi connectivity index (χ1) is 7.99. The first kappa shape index (κ1) is 12.0. The number of hydrogen-bond donors (Lipinski definition) is 2. The molecule has 2 unspecified atom stereocenters. The number of carbonyl (C=O) groups excluding carboxylic acids is 1. The Bertz CT molecular complexity index is 439. The Morgan fingerprint density at radius 2 is 1.94 bits per heavy atom. The summed E-state index contributed by atoms with van der Waals surface area (Å²) < 4.78 is 13.8. The zero-order chi connectivity index (χ0) is 12.6. The molecule has 1 aliphatic rings. The molecule has 1 saturated heterocycles. The number of aliphatic hydroxyl groups is 2. The van der Waals surface area contributed by atoms with Crippen LogP contribution in [-0.2, 0) is 0 Å². The van der Waals surface area contributed by atoms with Crippen LogP contribution in [0.5, 0.6) is 0 Å². The number of hydrogen-bond acceptors (Lipinski definition) is 4. The van der Waals surface area contributed by atoms with E-state index in [1.54, 1.807) is 4.90 Å². The van der Waals surface area contributed by atoms with Crippen molar-refractivity contribution >= 4 is 11.5 Å². The standard InChI is InChI=1S/C12H14FNO3/c1-7(15)8-2-3-10(9(13)4-8)14-5-11(16)12(17)6-14/h2-4,11-12,16-17H,5-6H2,1H3. The molecule has 0 radical (unpaired) electrons. The van der Waals surface area contributed by atoms with Crippen LogP contribution in [0.25, 0.3) is 0 Å². The average Bonchev–Trinajstić information content (AvgIpc) is 2.58. The molecule has 0 bridgehead atoms. The molecule has 1 aromatic rings. The second kappa shape index (κ2) is 4.43. The molecule has 4 nitrogen and oxygen atoms in total. The predicted molar refractivity (Wildman–Crippen MR) is 60.6 cm³/mol. The van der Waals surface area contributed by atoms with Crippen molar-refractivity contribution in [3.8, 4) is 0 Å². The SMILES string of the molecule is CC(=O)c1ccc(N2CC(O)C(O)C2)c(F)c1. The van der Waals surface area contributed by atoms with E-state index >= 15 is 0 Å². The van der Waals surface area contributed by atoms with Gasteiger partial charge in [0.05, 0.1) is 17.9 Å². The number of rotatable bonds is 2. The maximum absolute atomic E-state index is 13.8. The van der Waals surface area contributed by atoms with Crippen LogP contribution in [0.2, 0.25) is 0 Å². The van der Waals surface area contributed by atoms with Crippen LogP contribution >= 0.6 is 0 Å². The molecule has 0 aliphatic carbocycles. The third-order valence-electron chi connectivity index (χ3n) is 2.95. The van der Waals surface area contributed by atoms with Gasteiger partial charge in [-0.3, -0.25) is 4.79 Å². The molecule has 2 atom stereocenters. The Kier molecular flexibility index (Phi) is 3.13. The third-order valence-corrected chi connectivity index (χ3v) is 2.95. The summed E-state index contributed by atoms with van der Waals surface area (Å²) in [6, 6.07) is 4.21. The molecule has 1 aliphatic heterocycles. The van der Waals surface area contributed by atoms with Crippen molar-refractivity contribution < 1.29 is 19.4 Å². The second-order valence-corrected chi connectivity index (χ2v) is 4.26. The molecule has 0 spiro atoms. The topological polar surface area (TPSA) is 60.8 Å². The van der Waals surface area contributed by atoms with Gasteiger partial charge in [-0.15, -0.1) is 0 Å². The molecule has 0 amide bonds. The summed E-state index contributed by atoms with van der Waals surface area (Å²) in [6.07, 6.45) is -1.72. The van der Waals surface area contributed by atoms with Crippen LogP contribution < -0.4 is 4.90 Å². The Morgan fingerprint density at radius 3 is 2.41 bits per heavy atom. The second-order valence-electron chi connectivity index (χ2n) is 4.26. The van der Waals surface area contributed by atoms with E-state index in [2.05, 4.69) is 0 Å². The van der Waals surface area contributed by atoms with Gasteiger partial charge in [0.2, 0.25) is 0 Å². The highest BCUT2D eigenvalue weighted by Crippen LogP contribution is 2.24. The van der Waals surface area contributed by atoms with Crippen molar-refractivity contribution in [2.75, 3.05) is 18.0 Å². The number of Topliss-reactive ketones (excluding diaryl/α,β-unsaturated/α-hetero) is 1. The lowest BCUT2D eigenvalue weighted by atomic mass is 10.1. The van der Waals surface area contributed by atoms with Crippen LogP contribution in [0.3, 0.4) is 0 Å². The van der Waals surface area contributed by atoms with Gasteiger partial charge in [0.1, 0.15) is 5.82 Å². The Hall–Kier alpha value is -1.46. The average molecular weight is 239 g/mol. The minimum absolute atomic E-state index is 0.192. The fourth-order valence-corrected chi connectivity index (χ4v) is 1.95. The van der Waals surface area contributed by atoms with E-state index in [-0.39, 0.29) is 18.9 Å². The van der Waals surface area contributed by atoms with E-state index in [0.29, 0.717) is 11.3 Å². The molecule has 2 rings (SSSR count). The Morgan fingerprint density at radius 1 is 1.35 bits per heavy atom. The van der Waals surface area contributed by atoms with E-state index in [4.69, 9.17) is 0 Å². The molecule has 0 saturated carbocycles. The van der Waals surface area contributed by atoms with Crippen LogP contribution in [0.15, 0.2) is 18.2 Å². The zero-order valence-electron chi connectivity index (χ0n) is 9.43. The number of nitrogens with zero attached hydrogens (tertiary/aromatic N) is 1. The first-order valence-corrected chi connectivity index (χ1v) is 5.40. The summed E-state index contributed by atoms with van der Waals surface area (Å²) in [4.78, 5) is 12.6. The first-order valence-electron chi connectivity index (χ1n) is 5.40. The highest BCUT2D eigenvalue weighted by atomic mass is 19.1. The molecule has 2 N–H and O–H groups in total. The Labute approximate surface area is 98.3 Å². The lowest BCUT2D eigenvalue weighted by Gasteiger charge is -2.18. The van der Waals surface area contributed by atoms with Gasteiger partial charge in [0.15, 0.2) is 5.78 Å². The monoisotopic (exact) mass is 239 g/mol. The number of aliphatic hydroxyl groups excluding tert-OH is 2. The number of halogens is 1. The van der Waals surface area contributed by atoms with Crippen molar-refractivity contribution in [2.24, 2.45) is 0 Å². The van der Waals surface area contributed by atoms with Gasteiger partial charge < -0.3 is 15.1 Å². The molecular weight excluding hydrogens is 225 g/mol. The fourth-order valence-electron chi connectivity index (χ4n) is 1.95.